The highest BCUT2D eigenvalue weighted by Gasteiger charge is 2.28. The maximum Gasteiger partial charge on any atom is 0.337 e. The first-order chi connectivity index (χ1) is 7.99. The minimum atomic E-state index is -0.861. The Balaban J connectivity index is 2.37. The Morgan fingerprint density at radius 2 is 1.94 bits per heavy atom. The molecule has 17 heavy (non-hydrogen) atoms. The molecule has 0 aliphatic carbocycles. The van der Waals surface area contributed by atoms with Crippen LogP contribution in [0.4, 0.5) is 5.69 Å². The van der Waals surface area contributed by atoms with E-state index in [2.05, 4.69) is 34.7 Å². The fourth-order valence-corrected chi connectivity index (χ4v) is 2.62. The van der Waals surface area contributed by atoms with E-state index in [4.69, 9.17) is 0 Å². The van der Waals surface area contributed by atoms with Crippen LogP contribution in [0.5, 0.6) is 0 Å². The predicted octanol–water partition coefficient (Wildman–Crippen LogP) is 3.24. The van der Waals surface area contributed by atoms with E-state index >= 15 is 0 Å². The third-order valence-electron chi connectivity index (χ3n) is 3.52. The van der Waals surface area contributed by atoms with E-state index in [0.29, 0.717) is 17.4 Å². The van der Waals surface area contributed by atoms with Crippen molar-refractivity contribution in [1.82, 2.24) is 0 Å². The number of aromatic carboxylic acids is 1. The lowest BCUT2D eigenvalue weighted by Crippen LogP contribution is -2.22. The minimum absolute atomic E-state index is 0.384. The molecule has 4 heteroatoms. The molecular formula is C13H16BrNO2. The fraction of sp³-hybridized carbons (Fsp3) is 0.462. The lowest BCUT2D eigenvalue weighted by Gasteiger charge is -2.20. The SMILES string of the molecule is CC1CN(c2cc(Br)ccc2C(=O)O)CC1C. The highest BCUT2D eigenvalue weighted by molar-refractivity contribution is 9.10. The maximum atomic E-state index is 11.2. The van der Waals surface area contributed by atoms with Gasteiger partial charge in [-0.25, -0.2) is 4.79 Å². The summed E-state index contributed by atoms with van der Waals surface area (Å²) < 4.78 is 0.921. The number of rotatable bonds is 2. The van der Waals surface area contributed by atoms with Gasteiger partial charge in [-0.2, -0.15) is 0 Å². The second-order valence-corrected chi connectivity index (χ2v) is 5.74. The van der Waals surface area contributed by atoms with Crippen LogP contribution >= 0.6 is 15.9 Å². The monoisotopic (exact) mass is 297 g/mol. The standard InChI is InChI=1S/C13H16BrNO2/c1-8-6-15(7-9(8)2)12-5-10(14)3-4-11(12)13(16)17/h3-5,8-9H,6-7H2,1-2H3,(H,16,17). The number of nitrogens with zero attached hydrogens (tertiary/aromatic N) is 1. The fourth-order valence-electron chi connectivity index (χ4n) is 2.27. The summed E-state index contributed by atoms with van der Waals surface area (Å²) in [5.74, 6) is 0.353. The molecule has 2 atom stereocenters. The van der Waals surface area contributed by atoms with Crippen LogP contribution in [-0.4, -0.2) is 24.2 Å². The molecule has 0 saturated carbocycles. The molecule has 2 rings (SSSR count). The predicted molar refractivity (Wildman–Crippen MR) is 71.6 cm³/mol. The molecule has 0 aromatic heterocycles. The molecule has 1 fully saturated rings. The van der Waals surface area contributed by atoms with Gasteiger partial charge in [0, 0.05) is 17.6 Å². The van der Waals surface area contributed by atoms with Crippen molar-refractivity contribution in [2.24, 2.45) is 11.8 Å². The van der Waals surface area contributed by atoms with Gasteiger partial charge in [-0.05, 0) is 30.0 Å². The van der Waals surface area contributed by atoms with E-state index in [1.165, 1.54) is 0 Å². The van der Waals surface area contributed by atoms with Crippen LogP contribution < -0.4 is 4.90 Å². The van der Waals surface area contributed by atoms with Gasteiger partial charge in [-0.1, -0.05) is 29.8 Å². The van der Waals surface area contributed by atoms with Gasteiger partial charge in [0.25, 0.3) is 0 Å². The normalized spacial score (nSPS) is 24.1. The van der Waals surface area contributed by atoms with Gasteiger partial charge in [0.1, 0.15) is 0 Å². The molecule has 1 aromatic rings. The molecule has 0 spiro atoms. The first-order valence-electron chi connectivity index (χ1n) is 5.77. The number of benzene rings is 1. The molecule has 0 bridgehead atoms. The summed E-state index contributed by atoms with van der Waals surface area (Å²) in [7, 11) is 0. The number of hydrogen-bond acceptors (Lipinski definition) is 2. The molecule has 3 nitrogen and oxygen atoms in total. The van der Waals surface area contributed by atoms with Crippen LogP contribution in [-0.2, 0) is 0 Å². The van der Waals surface area contributed by atoms with Crippen LogP contribution in [0.2, 0.25) is 0 Å². The number of halogens is 1. The summed E-state index contributed by atoms with van der Waals surface area (Å²) in [4.78, 5) is 13.4. The molecule has 0 radical (unpaired) electrons. The highest BCUT2D eigenvalue weighted by atomic mass is 79.9. The van der Waals surface area contributed by atoms with Crippen LogP contribution in [0.3, 0.4) is 0 Å². The smallest absolute Gasteiger partial charge is 0.337 e. The van der Waals surface area contributed by atoms with E-state index in [-0.39, 0.29) is 0 Å². The third kappa shape index (κ3) is 2.46. The molecule has 1 N–H and O–H groups in total. The summed E-state index contributed by atoms with van der Waals surface area (Å²) in [5.41, 5.74) is 1.21. The molecule has 0 amide bonds. The molecule has 1 saturated heterocycles. The second kappa shape index (κ2) is 4.69. The molecule has 1 aliphatic rings. The number of hydrogen-bond donors (Lipinski definition) is 1. The van der Waals surface area contributed by atoms with E-state index in [1.54, 1.807) is 12.1 Å². The second-order valence-electron chi connectivity index (χ2n) is 4.83. The molecule has 1 aliphatic heterocycles. The average Bonchev–Trinajstić information content (AvgIpc) is 2.58. The first kappa shape index (κ1) is 12.4. The zero-order chi connectivity index (χ0) is 12.6. The van der Waals surface area contributed by atoms with E-state index in [9.17, 15) is 9.90 Å². The van der Waals surface area contributed by atoms with Gasteiger partial charge in [0.2, 0.25) is 0 Å². The van der Waals surface area contributed by atoms with Crippen LogP contribution in [0, 0.1) is 11.8 Å². The van der Waals surface area contributed by atoms with Gasteiger partial charge < -0.3 is 10.0 Å². The quantitative estimate of drug-likeness (QED) is 0.911. The topological polar surface area (TPSA) is 40.5 Å². The van der Waals surface area contributed by atoms with E-state index in [1.807, 2.05) is 6.07 Å². The number of carbonyl (C=O) groups is 1. The molecule has 1 heterocycles. The highest BCUT2D eigenvalue weighted by Crippen LogP contribution is 2.32. The van der Waals surface area contributed by atoms with Gasteiger partial charge in [0.15, 0.2) is 0 Å². The third-order valence-corrected chi connectivity index (χ3v) is 4.01. The lowest BCUT2D eigenvalue weighted by atomic mass is 10.0. The number of carboxylic acid groups (broad SMARTS) is 1. The number of anilines is 1. The molecular weight excluding hydrogens is 282 g/mol. The van der Waals surface area contributed by atoms with Gasteiger partial charge in [0.05, 0.1) is 11.3 Å². The van der Waals surface area contributed by atoms with Crippen molar-refractivity contribution in [3.05, 3.63) is 28.2 Å². The average molecular weight is 298 g/mol. The Bertz CT molecular complexity index is 437. The Kier molecular flexibility index (Phi) is 3.43. The van der Waals surface area contributed by atoms with Crippen LogP contribution in [0.15, 0.2) is 22.7 Å². The molecule has 1 aromatic carbocycles. The van der Waals surface area contributed by atoms with Crippen molar-refractivity contribution in [3.8, 4) is 0 Å². The van der Waals surface area contributed by atoms with E-state index in [0.717, 1.165) is 23.2 Å². The Labute approximate surface area is 110 Å². The van der Waals surface area contributed by atoms with Gasteiger partial charge >= 0.3 is 5.97 Å². The lowest BCUT2D eigenvalue weighted by molar-refractivity contribution is 0.0697. The largest absolute Gasteiger partial charge is 0.478 e. The first-order valence-corrected chi connectivity index (χ1v) is 6.56. The minimum Gasteiger partial charge on any atom is -0.478 e. The summed E-state index contributed by atoms with van der Waals surface area (Å²) in [5, 5.41) is 9.21. The van der Waals surface area contributed by atoms with Crippen molar-refractivity contribution in [2.45, 2.75) is 13.8 Å². The molecule has 2 unspecified atom stereocenters. The van der Waals surface area contributed by atoms with E-state index < -0.39 is 5.97 Å². The summed E-state index contributed by atoms with van der Waals surface area (Å²) in [6.45, 7) is 6.28. The summed E-state index contributed by atoms with van der Waals surface area (Å²) >= 11 is 3.40. The zero-order valence-corrected chi connectivity index (χ0v) is 11.6. The molecule has 92 valence electrons. The van der Waals surface area contributed by atoms with Crippen LogP contribution in [0.25, 0.3) is 0 Å². The Morgan fingerprint density at radius 1 is 1.35 bits per heavy atom. The van der Waals surface area contributed by atoms with Crippen molar-refractivity contribution >= 4 is 27.6 Å². The van der Waals surface area contributed by atoms with Crippen LogP contribution in [0.1, 0.15) is 24.2 Å². The Hall–Kier alpha value is -1.03. The van der Waals surface area contributed by atoms with Gasteiger partial charge in [-0.3, -0.25) is 0 Å². The van der Waals surface area contributed by atoms with Gasteiger partial charge in [-0.15, -0.1) is 0 Å². The van der Waals surface area contributed by atoms with Crippen molar-refractivity contribution in [3.63, 3.8) is 0 Å². The van der Waals surface area contributed by atoms with Crippen molar-refractivity contribution in [1.29, 1.82) is 0 Å². The van der Waals surface area contributed by atoms with Crippen molar-refractivity contribution in [2.75, 3.05) is 18.0 Å². The summed E-state index contributed by atoms with van der Waals surface area (Å²) in [6.07, 6.45) is 0. The maximum absolute atomic E-state index is 11.2. The Morgan fingerprint density at radius 3 is 2.47 bits per heavy atom. The summed E-state index contributed by atoms with van der Waals surface area (Å²) in [6, 6.07) is 5.33. The number of carboxylic acids is 1. The zero-order valence-electron chi connectivity index (χ0n) is 9.98. The van der Waals surface area contributed by atoms with Crippen molar-refractivity contribution < 1.29 is 9.90 Å².